The van der Waals surface area contributed by atoms with Crippen LogP contribution in [0.5, 0.6) is 11.5 Å². The smallest absolute Gasteiger partial charge is 0.444 e. The van der Waals surface area contributed by atoms with E-state index in [1.807, 2.05) is 0 Å². The Bertz CT molecular complexity index is 360. The maximum atomic E-state index is 12.7. The van der Waals surface area contributed by atoms with Crippen LogP contribution in [0.2, 0.25) is 0 Å². The number of hydrogen-bond donors (Lipinski definition) is 1. The first-order valence-corrected chi connectivity index (χ1v) is 4.89. The number of halogens is 5. The molecule has 0 radical (unpaired) electrons. The molecule has 0 amide bonds. The van der Waals surface area contributed by atoms with E-state index in [-0.39, 0.29) is 16.0 Å². The topological polar surface area (TPSA) is 29.5 Å². The van der Waals surface area contributed by atoms with Crippen molar-refractivity contribution in [1.82, 2.24) is 0 Å². The number of aromatic hydroxyl groups is 1. The second kappa shape index (κ2) is 4.49. The van der Waals surface area contributed by atoms with Gasteiger partial charge in [-0.25, -0.2) is 4.39 Å². The van der Waals surface area contributed by atoms with Crippen molar-refractivity contribution >= 4 is 27.5 Å². The molecule has 1 aromatic rings. The zero-order valence-electron chi connectivity index (χ0n) is 7.05. The van der Waals surface area contributed by atoms with Crippen molar-refractivity contribution in [3.8, 4) is 11.5 Å². The van der Waals surface area contributed by atoms with Gasteiger partial charge in [-0.15, -0.1) is 0 Å². The van der Waals surface area contributed by atoms with Crippen molar-refractivity contribution < 1.29 is 23.0 Å². The molecule has 1 rings (SSSR count). The molecule has 0 aliphatic carbocycles. The lowest BCUT2D eigenvalue weighted by Crippen LogP contribution is -2.32. The van der Waals surface area contributed by atoms with Crippen LogP contribution in [0.15, 0.2) is 22.7 Å². The first kappa shape index (κ1) is 12.4. The first-order chi connectivity index (χ1) is 6.83. The second-order valence-corrected chi connectivity index (χ2v) is 3.82. The monoisotopic (exact) mass is 304 g/mol. The van der Waals surface area contributed by atoms with Gasteiger partial charge in [-0.3, -0.25) is 0 Å². The Morgan fingerprint density at radius 1 is 1.47 bits per heavy atom. The molecule has 0 aliphatic heterocycles. The molecule has 0 aromatic heterocycles. The van der Waals surface area contributed by atoms with Gasteiger partial charge in [0.05, 0.1) is 4.47 Å². The molecule has 7 heteroatoms. The van der Waals surface area contributed by atoms with Crippen molar-refractivity contribution in [1.29, 1.82) is 0 Å². The first-order valence-electron chi connectivity index (χ1n) is 3.66. The fraction of sp³-hybridized carbons (Fsp3) is 0.250. The Labute approximate surface area is 96.7 Å². The van der Waals surface area contributed by atoms with E-state index >= 15 is 0 Å². The van der Waals surface area contributed by atoms with Gasteiger partial charge in [0, 0.05) is 0 Å². The minimum atomic E-state index is -4.11. The quantitative estimate of drug-likeness (QED) is 0.864. The Morgan fingerprint density at radius 2 is 2.07 bits per heavy atom. The van der Waals surface area contributed by atoms with E-state index in [1.165, 1.54) is 0 Å². The molecule has 0 bridgehead atoms. The summed E-state index contributed by atoms with van der Waals surface area (Å²) in [5.74, 6) is -0.457. The van der Waals surface area contributed by atoms with Crippen LogP contribution in [-0.2, 0) is 0 Å². The van der Waals surface area contributed by atoms with Crippen molar-refractivity contribution in [2.45, 2.75) is 11.7 Å². The molecule has 84 valence electrons. The summed E-state index contributed by atoms with van der Waals surface area (Å²) < 4.78 is 41.7. The van der Waals surface area contributed by atoms with Gasteiger partial charge in [0.1, 0.15) is 11.5 Å². The van der Waals surface area contributed by atoms with E-state index in [0.29, 0.717) is 0 Å². The molecule has 0 saturated heterocycles. The molecular formula is C8H5BrClF3O2. The number of alkyl halides is 4. The van der Waals surface area contributed by atoms with E-state index in [0.717, 1.165) is 18.2 Å². The molecule has 0 saturated carbocycles. The average Bonchev–Trinajstić information content (AvgIpc) is 2.10. The summed E-state index contributed by atoms with van der Waals surface area (Å²) in [4.78, 5) is 0. The SMILES string of the molecule is Oc1ccc(OC(F)(F)C(F)Cl)cc1Br. The maximum absolute atomic E-state index is 12.7. The summed E-state index contributed by atoms with van der Waals surface area (Å²) in [6.07, 6.45) is -4.11. The number of ether oxygens (including phenoxy) is 1. The Balaban J connectivity index is 2.86. The third kappa shape index (κ3) is 3.17. The molecule has 0 fully saturated rings. The van der Waals surface area contributed by atoms with Crippen LogP contribution >= 0.6 is 27.5 Å². The van der Waals surface area contributed by atoms with Gasteiger partial charge in [-0.05, 0) is 34.1 Å². The number of hydrogen-bond acceptors (Lipinski definition) is 2. The van der Waals surface area contributed by atoms with Crippen molar-refractivity contribution in [2.75, 3.05) is 0 Å². The van der Waals surface area contributed by atoms with Crippen molar-refractivity contribution in [3.63, 3.8) is 0 Å². The van der Waals surface area contributed by atoms with E-state index < -0.39 is 11.7 Å². The number of rotatable bonds is 3. The summed E-state index contributed by atoms with van der Waals surface area (Å²) in [7, 11) is 0. The summed E-state index contributed by atoms with van der Waals surface area (Å²) in [5.41, 5.74) is -2.94. The average molecular weight is 305 g/mol. The zero-order valence-corrected chi connectivity index (χ0v) is 9.40. The fourth-order valence-electron chi connectivity index (χ4n) is 0.753. The van der Waals surface area contributed by atoms with Crippen LogP contribution in [0.25, 0.3) is 0 Å². The number of phenols is 1. The highest BCUT2D eigenvalue weighted by Gasteiger charge is 2.42. The molecule has 1 N–H and O–H groups in total. The molecule has 0 heterocycles. The molecule has 1 aromatic carbocycles. The predicted octanol–water partition coefficient (Wildman–Crippen LogP) is 3.66. The summed E-state index contributed by atoms with van der Waals surface area (Å²) in [6, 6.07) is 3.26. The predicted molar refractivity (Wildman–Crippen MR) is 52.1 cm³/mol. The third-order valence-electron chi connectivity index (χ3n) is 1.43. The van der Waals surface area contributed by atoms with E-state index in [4.69, 9.17) is 5.11 Å². The summed E-state index contributed by atoms with van der Waals surface area (Å²) >= 11 is 7.48. The fourth-order valence-corrected chi connectivity index (χ4v) is 1.16. The highest BCUT2D eigenvalue weighted by Crippen LogP contribution is 2.33. The van der Waals surface area contributed by atoms with Gasteiger partial charge in [-0.1, -0.05) is 11.6 Å². The number of phenolic OH excluding ortho intramolecular Hbond substituents is 1. The molecule has 0 aliphatic rings. The van der Waals surface area contributed by atoms with Gasteiger partial charge in [0.2, 0.25) is 0 Å². The van der Waals surface area contributed by atoms with Gasteiger partial charge in [0.25, 0.3) is 5.63 Å². The molecule has 15 heavy (non-hydrogen) atoms. The van der Waals surface area contributed by atoms with Crippen molar-refractivity contribution in [2.24, 2.45) is 0 Å². The lowest BCUT2D eigenvalue weighted by atomic mass is 10.3. The lowest BCUT2D eigenvalue weighted by molar-refractivity contribution is -0.199. The van der Waals surface area contributed by atoms with E-state index in [1.54, 1.807) is 0 Å². The van der Waals surface area contributed by atoms with Crippen LogP contribution < -0.4 is 4.74 Å². The zero-order chi connectivity index (χ0) is 11.6. The molecule has 2 nitrogen and oxygen atoms in total. The summed E-state index contributed by atoms with van der Waals surface area (Å²) in [5, 5.41) is 9.06. The van der Waals surface area contributed by atoms with Crippen molar-refractivity contribution in [3.05, 3.63) is 22.7 Å². The minimum Gasteiger partial charge on any atom is -0.507 e. The van der Waals surface area contributed by atoms with Crippen LogP contribution in [-0.4, -0.2) is 16.8 Å². The van der Waals surface area contributed by atoms with Crippen LogP contribution in [0, 0.1) is 0 Å². The van der Waals surface area contributed by atoms with Gasteiger partial charge < -0.3 is 9.84 Å². The largest absolute Gasteiger partial charge is 0.507 e. The van der Waals surface area contributed by atoms with Gasteiger partial charge >= 0.3 is 6.11 Å². The minimum absolute atomic E-state index is 0.145. The Hall–Kier alpha value is -0.620. The maximum Gasteiger partial charge on any atom is 0.444 e. The molecular weight excluding hydrogens is 300 g/mol. The van der Waals surface area contributed by atoms with Gasteiger partial charge in [0.15, 0.2) is 0 Å². The van der Waals surface area contributed by atoms with E-state index in [9.17, 15) is 13.2 Å². The van der Waals surface area contributed by atoms with Crippen LogP contribution in [0.3, 0.4) is 0 Å². The Kier molecular flexibility index (Phi) is 3.72. The second-order valence-electron chi connectivity index (χ2n) is 2.58. The molecule has 0 spiro atoms. The van der Waals surface area contributed by atoms with Crippen LogP contribution in [0.1, 0.15) is 0 Å². The Morgan fingerprint density at radius 3 is 2.53 bits per heavy atom. The normalized spacial score (nSPS) is 13.7. The third-order valence-corrected chi connectivity index (χ3v) is 2.32. The molecule has 1 atom stereocenters. The highest BCUT2D eigenvalue weighted by atomic mass is 79.9. The highest BCUT2D eigenvalue weighted by molar-refractivity contribution is 9.10. The van der Waals surface area contributed by atoms with E-state index in [2.05, 4.69) is 32.3 Å². The standard InChI is InChI=1S/C8H5BrClF3O2/c9-5-3-4(1-2-6(5)14)15-8(12,13)7(10)11/h1-3,7,14H. The van der Waals surface area contributed by atoms with Crippen LogP contribution in [0.4, 0.5) is 13.2 Å². The van der Waals surface area contributed by atoms with Gasteiger partial charge in [-0.2, -0.15) is 8.78 Å². The lowest BCUT2D eigenvalue weighted by Gasteiger charge is -2.17. The molecule has 1 unspecified atom stereocenters. The summed E-state index contributed by atoms with van der Waals surface area (Å²) in [6.45, 7) is 0. The number of benzene rings is 1.